The molecule has 134 valence electrons. The minimum absolute atomic E-state index is 0.356. The van der Waals surface area contributed by atoms with Crippen LogP contribution in [0.25, 0.3) is 0 Å². The summed E-state index contributed by atoms with van der Waals surface area (Å²) < 4.78 is 15.6. The Morgan fingerprint density at radius 2 is 1.33 bits per heavy atom. The molecule has 1 aromatic carbocycles. The van der Waals surface area contributed by atoms with Crippen LogP contribution in [0.15, 0.2) is 12.1 Å². The summed E-state index contributed by atoms with van der Waals surface area (Å²) in [6.45, 7) is 14.3. The number of amides is 1. The Labute approximate surface area is 143 Å². The second kappa shape index (κ2) is 7.11. The third-order valence-corrected chi connectivity index (χ3v) is 2.72. The van der Waals surface area contributed by atoms with Crippen LogP contribution in [0.5, 0.6) is 5.75 Å². The molecular weight excluding hydrogens is 310 g/mol. The SMILES string of the molecule is Cc1cc(OC(=O)OC(C)(C)C)cc(C)c1NC(=O)OC(C)(C)C. The maximum atomic E-state index is 11.9. The van der Waals surface area contributed by atoms with Crippen LogP contribution in [0, 0.1) is 13.8 Å². The lowest BCUT2D eigenvalue weighted by Crippen LogP contribution is -2.27. The summed E-state index contributed by atoms with van der Waals surface area (Å²) in [5.74, 6) is 0.356. The molecule has 0 bridgehead atoms. The standard InChI is InChI=1S/C18H27NO5/c1-11-9-13(22-16(21)24-18(6,7)8)10-12(2)14(11)19-15(20)23-17(3,4)5/h9-10H,1-8H3,(H,19,20). The van der Waals surface area contributed by atoms with Crippen molar-refractivity contribution in [2.24, 2.45) is 0 Å². The van der Waals surface area contributed by atoms with Crippen molar-refractivity contribution in [2.75, 3.05) is 5.32 Å². The number of anilines is 1. The van der Waals surface area contributed by atoms with Gasteiger partial charge in [-0.05, 0) is 78.6 Å². The fraction of sp³-hybridized carbons (Fsp3) is 0.556. The van der Waals surface area contributed by atoms with Crippen molar-refractivity contribution in [3.05, 3.63) is 23.3 Å². The number of hydrogen-bond acceptors (Lipinski definition) is 5. The van der Waals surface area contributed by atoms with Crippen molar-refractivity contribution in [1.29, 1.82) is 0 Å². The molecule has 6 heteroatoms. The molecule has 1 rings (SSSR count). The minimum atomic E-state index is -0.769. The number of ether oxygens (including phenoxy) is 3. The van der Waals surface area contributed by atoms with Crippen LogP contribution < -0.4 is 10.1 Å². The molecule has 0 fully saturated rings. The number of aryl methyl sites for hydroxylation is 2. The molecular formula is C18H27NO5. The number of benzene rings is 1. The molecule has 0 heterocycles. The Kier molecular flexibility index (Phi) is 5.87. The molecule has 0 aliphatic rings. The molecule has 0 atom stereocenters. The molecule has 1 aromatic rings. The predicted molar refractivity (Wildman–Crippen MR) is 92.6 cm³/mol. The Balaban J connectivity index is 2.86. The van der Waals surface area contributed by atoms with Crippen molar-refractivity contribution >= 4 is 17.9 Å². The zero-order valence-corrected chi connectivity index (χ0v) is 15.7. The number of nitrogens with one attached hydrogen (secondary N) is 1. The van der Waals surface area contributed by atoms with E-state index in [-0.39, 0.29) is 0 Å². The van der Waals surface area contributed by atoms with Crippen LogP contribution in [0.3, 0.4) is 0 Å². The number of hydrogen-bond donors (Lipinski definition) is 1. The van der Waals surface area contributed by atoms with Gasteiger partial charge in [-0.2, -0.15) is 0 Å². The molecule has 6 nitrogen and oxygen atoms in total. The van der Waals surface area contributed by atoms with E-state index in [4.69, 9.17) is 14.2 Å². The molecule has 0 unspecified atom stereocenters. The molecule has 1 N–H and O–H groups in total. The number of carbonyl (C=O) groups is 2. The van der Waals surface area contributed by atoms with E-state index >= 15 is 0 Å². The summed E-state index contributed by atoms with van der Waals surface area (Å²) in [7, 11) is 0. The highest BCUT2D eigenvalue weighted by atomic mass is 16.7. The van der Waals surface area contributed by atoms with Gasteiger partial charge in [0.25, 0.3) is 0 Å². The van der Waals surface area contributed by atoms with Crippen molar-refractivity contribution < 1.29 is 23.8 Å². The highest BCUT2D eigenvalue weighted by Gasteiger charge is 2.20. The first-order chi connectivity index (χ1) is 10.8. The first-order valence-corrected chi connectivity index (χ1v) is 7.79. The highest BCUT2D eigenvalue weighted by Crippen LogP contribution is 2.27. The highest BCUT2D eigenvalue weighted by molar-refractivity contribution is 5.87. The fourth-order valence-electron chi connectivity index (χ4n) is 1.95. The normalized spacial score (nSPS) is 11.7. The Hall–Kier alpha value is -2.24. The lowest BCUT2D eigenvalue weighted by Gasteiger charge is -2.21. The van der Waals surface area contributed by atoms with Crippen molar-refractivity contribution in [2.45, 2.75) is 66.6 Å². The molecule has 0 aliphatic heterocycles. The van der Waals surface area contributed by atoms with Gasteiger partial charge in [-0.25, -0.2) is 9.59 Å². The van der Waals surface area contributed by atoms with Crippen LogP contribution in [0.4, 0.5) is 15.3 Å². The predicted octanol–water partition coefficient (Wildman–Crippen LogP) is 4.96. The Bertz CT molecular complexity index is 600. The van der Waals surface area contributed by atoms with E-state index in [9.17, 15) is 9.59 Å². The van der Waals surface area contributed by atoms with Gasteiger partial charge >= 0.3 is 12.2 Å². The molecule has 24 heavy (non-hydrogen) atoms. The fourth-order valence-corrected chi connectivity index (χ4v) is 1.95. The largest absolute Gasteiger partial charge is 0.514 e. The van der Waals surface area contributed by atoms with Crippen LogP contribution in [-0.2, 0) is 9.47 Å². The summed E-state index contributed by atoms with van der Waals surface area (Å²) in [5.41, 5.74) is 0.921. The van der Waals surface area contributed by atoms with Gasteiger partial charge in [0.05, 0.1) is 5.69 Å². The maximum Gasteiger partial charge on any atom is 0.514 e. The van der Waals surface area contributed by atoms with E-state index in [1.54, 1.807) is 53.7 Å². The van der Waals surface area contributed by atoms with Gasteiger partial charge in [-0.3, -0.25) is 5.32 Å². The first kappa shape index (κ1) is 19.8. The monoisotopic (exact) mass is 337 g/mol. The van der Waals surface area contributed by atoms with E-state index in [0.29, 0.717) is 11.4 Å². The summed E-state index contributed by atoms with van der Waals surface area (Å²) in [5, 5.41) is 2.72. The average molecular weight is 337 g/mol. The van der Waals surface area contributed by atoms with Crippen molar-refractivity contribution in [1.82, 2.24) is 0 Å². The van der Waals surface area contributed by atoms with Gasteiger partial charge in [-0.15, -0.1) is 0 Å². The molecule has 0 saturated heterocycles. The maximum absolute atomic E-state index is 11.9. The summed E-state index contributed by atoms with van der Waals surface area (Å²) in [6, 6.07) is 3.31. The zero-order chi connectivity index (χ0) is 18.7. The lowest BCUT2D eigenvalue weighted by atomic mass is 10.1. The van der Waals surface area contributed by atoms with Crippen LogP contribution in [0.2, 0.25) is 0 Å². The van der Waals surface area contributed by atoms with E-state index in [2.05, 4.69) is 5.32 Å². The Morgan fingerprint density at radius 1 is 0.875 bits per heavy atom. The number of carbonyl (C=O) groups excluding carboxylic acids is 2. The zero-order valence-electron chi connectivity index (χ0n) is 15.7. The van der Waals surface area contributed by atoms with Gasteiger partial charge in [0.2, 0.25) is 0 Å². The molecule has 0 radical (unpaired) electrons. The molecule has 0 saturated carbocycles. The summed E-state index contributed by atoms with van der Waals surface area (Å²) >= 11 is 0. The van der Waals surface area contributed by atoms with Gasteiger partial charge in [-0.1, -0.05) is 0 Å². The van der Waals surface area contributed by atoms with E-state index in [0.717, 1.165) is 11.1 Å². The van der Waals surface area contributed by atoms with Crippen molar-refractivity contribution in [3.8, 4) is 5.75 Å². The lowest BCUT2D eigenvalue weighted by molar-refractivity contribution is 0.0206. The summed E-state index contributed by atoms with van der Waals surface area (Å²) in [4.78, 5) is 23.6. The number of rotatable bonds is 2. The quantitative estimate of drug-likeness (QED) is 0.609. The smallest absolute Gasteiger partial charge is 0.444 e. The van der Waals surface area contributed by atoms with Crippen LogP contribution >= 0.6 is 0 Å². The molecule has 0 spiro atoms. The second-order valence-corrected chi connectivity index (χ2v) is 7.63. The second-order valence-electron chi connectivity index (χ2n) is 7.63. The molecule has 0 aliphatic carbocycles. The average Bonchev–Trinajstić information content (AvgIpc) is 2.28. The molecule has 1 amide bonds. The van der Waals surface area contributed by atoms with Gasteiger partial charge < -0.3 is 14.2 Å². The van der Waals surface area contributed by atoms with Gasteiger partial charge in [0.1, 0.15) is 17.0 Å². The minimum Gasteiger partial charge on any atom is -0.444 e. The Morgan fingerprint density at radius 3 is 1.75 bits per heavy atom. The van der Waals surface area contributed by atoms with Crippen molar-refractivity contribution in [3.63, 3.8) is 0 Å². The topological polar surface area (TPSA) is 73.9 Å². The van der Waals surface area contributed by atoms with Gasteiger partial charge in [0, 0.05) is 0 Å². The molecule has 0 aromatic heterocycles. The van der Waals surface area contributed by atoms with Gasteiger partial charge in [0.15, 0.2) is 0 Å². The van der Waals surface area contributed by atoms with Crippen LogP contribution in [-0.4, -0.2) is 23.5 Å². The summed E-state index contributed by atoms with van der Waals surface area (Å²) in [6.07, 6.45) is -1.30. The first-order valence-electron chi connectivity index (χ1n) is 7.79. The third-order valence-electron chi connectivity index (χ3n) is 2.72. The van der Waals surface area contributed by atoms with E-state index in [1.165, 1.54) is 0 Å². The van der Waals surface area contributed by atoms with Crippen LogP contribution in [0.1, 0.15) is 52.7 Å². The van der Waals surface area contributed by atoms with E-state index < -0.39 is 23.5 Å². The third kappa shape index (κ3) is 6.89. The van der Waals surface area contributed by atoms with E-state index in [1.807, 2.05) is 13.8 Å².